The molecule has 0 saturated carbocycles. The molecule has 0 spiro atoms. The summed E-state index contributed by atoms with van der Waals surface area (Å²) in [5.41, 5.74) is 4.47. The summed E-state index contributed by atoms with van der Waals surface area (Å²) in [5.74, 6) is -2.07. The first-order valence-corrected chi connectivity index (χ1v) is 14.4. The van der Waals surface area contributed by atoms with Crippen molar-refractivity contribution in [1.29, 1.82) is 0 Å². The maximum Gasteiger partial charge on any atom is 0.294 e. The highest BCUT2D eigenvalue weighted by molar-refractivity contribution is 6.41. The average Bonchev–Trinajstić information content (AvgIpc) is 3.03. The van der Waals surface area contributed by atoms with Crippen LogP contribution in [0.4, 0.5) is 11.4 Å². The molecule has 4 aromatic rings. The quantitative estimate of drug-likeness (QED) is 0.181. The zero-order valence-corrected chi connectivity index (χ0v) is 24.5. The van der Waals surface area contributed by atoms with E-state index in [1.807, 2.05) is 91.8 Å². The Hall–Kier alpha value is -5.11. The molecule has 5 rings (SSSR count). The van der Waals surface area contributed by atoms with Gasteiger partial charge in [-0.15, -0.1) is 0 Å². The van der Waals surface area contributed by atoms with E-state index in [4.69, 9.17) is 0 Å². The second kappa shape index (κ2) is 13.2. The van der Waals surface area contributed by atoms with Crippen molar-refractivity contribution >= 4 is 28.8 Å². The summed E-state index contributed by atoms with van der Waals surface area (Å²) in [6.07, 6.45) is 3.19. The maximum absolute atomic E-state index is 13.4. The van der Waals surface area contributed by atoms with Gasteiger partial charge in [0.15, 0.2) is 0 Å². The maximum atomic E-state index is 13.4. The van der Waals surface area contributed by atoms with Gasteiger partial charge in [-0.1, -0.05) is 60.7 Å². The highest BCUT2D eigenvalue weighted by atomic mass is 16.3. The molecular formula is C35H36N4O4. The summed E-state index contributed by atoms with van der Waals surface area (Å²) in [7, 11) is 3.98. The van der Waals surface area contributed by atoms with Gasteiger partial charge in [0.1, 0.15) is 5.76 Å². The smallest absolute Gasteiger partial charge is 0.294 e. The van der Waals surface area contributed by atoms with Gasteiger partial charge in [0, 0.05) is 63.9 Å². The zero-order chi connectivity index (χ0) is 30.3. The van der Waals surface area contributed by atoms with E-state index < -0.39 is 23.0 Å². The van der Waals surface area contributed by atoms with Crippen LogP contribution in [0, 0.1) is 0 Å². The molecule has 8 heteroatoms. The van der Waals surface area contributed by atoms with Crippen LogP contribution in [-0.4, -0.2) is 66.5 Å². The largest absolute Gasteiger partial charge is 0.507 e. The average molecular weight is 577 g/mol. The molecule has 0 radical (unpaired) electrons. The third-order valence-corrected chi connectivity index (χ3v) is 7.64. The zero-order valence-electron chi connectivity index (χ0n) is 24.5. The standard InChI is InChI=1S/C35H36N4O4/c1-36(2)29-13-15-30(16-14-29)37-17-19-38(20-18-37)35(43)33(41)23-32(40)31-22-28(21-26-9-5-3-6-10-26)25-39(34(31)42)24-27-11-7-4-8-12-27/h3-16,22-23,25,40H,17-21,24H2,1-2H3/b32-23-. The number of ketones is 1. The number of carbonyl (C=O) groups is 2. The minimum atomic E-state index is -0.858. The summed E-state index contributed by atoms with van der Waals surface area (Å²) in [4.78, 5) is 45.2. The van der Waals surface area contributed by atoms with Gasteiger partial charge in [-0.05, 0) is 53.4 Å². The number of aromatic nitrogens is 1. The lowest BCUT2D eigenvalue weighted by Crippen LogP contribution is -2.50. The Bertz CT molecular complexity index is 1650. The first kappa shape index (κ1) is 29.4. The number of benzene rings is 3. The second-order valence-electron chi connectivity index (χ2n) is 10.9. The van der Waals surface area contributed by atoms with Crippen LogP contribution >= 0.6 is 0 Å². The molecule has 1 aliphatic rings. The van der Waals surface area contributed by atoms with Crippen LogP contribution in [0.1, 0.15) is 22.3 Å². The van der Waals surface area contributed by atoms with Gasteiger partial charge in [-0.25, -0.2) is 0 Å². The fourth-order valence-electron chi connectivity index (χ4n) is 5.26. The van der Waals surface area contributed by atoms with Crippen molar-refractivity contribution in [2.24, 2.45) is 0 Å². The van der Waals surface area contributed by atoms with E-state index in [-0.39, 0.29) is 5.56 Å². The molecule has 43 heavy (non-hydrogen) atoms. The van der Waals surface area contributed by atoms with E-state index in [1.165, 1.54) is 9.47 Å². The van der Waals surface area contributed by atoms with Crippen LogP contribution in [0.5, 0.6) is 0 Å². The Kier molecular flexibility index (Phi) is 9.05. The number of piperazine rings is 1. The lowest BCUT2D eigenvalue weighted by atomic mass is 10.0. The molecule has 1 aromatic heterocycles. The number of aliphatic hydroxyl groups excluding tert-OH is 1. The molecule has 2 heterocycles. The molecule has 1 N–H and O–H groups in total. The number of hydrogen-bond donors (Lipinski definition) is 1. The molecule has 3 aromatic carbocycles. The van der Waals surface area contributed by atoms with Crippen molar-refractivity contribution in [2.45, 2.75) is 13.0 Å². The summed E-state index contributed by atoms with van der Waals surface area (Å²) in [6.45, 7) is 2.23. The SMILES string of the molecule is CN(C)c1ccc(N2CCN(C(=O)C(=O)/C=C(\O)c3cc(Cc4ccccc4)cn(Cc4ccccc4)c3=O)CC2)cc1. The van der Waals surface area contributed by atoms with Crippen LogP contribution < -0.4 is 15.4 Å². The van der Waals surface area contributed by atoms with Gasteiger partial charge >= 0.3 is 0 Å². The second-order valence-corrected chi connectivity index (χ2v) is 10.9. The van der Waals surface area contributed by atoms with Crippen LogP contribution in [-0.2, 0) is 22.6 Å². The van der Waals surface area contributed by atoms with Crippen LogP contribution in [0.25, 0.3) is 5.76 Å². The third kappa shape index (κ3) is 7.22. The number of carbonyl (C=O) groups excluding carboxylic acids is 2. The number of nitrogens with zero attached hydrogens (tertiary/aromatic N) is 4. The number of anilines is 2. The van der Waals surface area contributed by atoms with Crippen molar-refractivity contribution in [3.8, 4) is 0 Å². The highest BCUT2D eigenvalue weighted by Gasteiger charge is 2.26. The molecule has 0 atom stereocenters. The summed E-state index contributed by atoms with van der Waals surface area (Å²) in [5, 5.41) is 11.0. The number of hydrogen-bond acceptors (Lipinski definition) is 6. The van der Waals surface area contributed by atoms with Gasteiger partial charge < -0.3 is 24.4 Å². The van der Waals surface area contributed by atoms with E-state index in [0.717, 1.165) is 34.1 Å². The molecule has 1 fully saturated rings. The Morgan fingerprint density at radius 3 is 2.02 bits per heavy atom. The minimum Gasteiger partial charge on any atom is -0.507 e. The van der Waals surface area contributed by atoms with Crippen molar-refractivity contribution in [2.75, 3.05) is 50.1 Å². The summed E-state index contributed by atoms with van der Waals surface area (Å²) in [6, 6.07) is 29.1. The Morgan fingerprint density at radius 1 is 0.814 bits per heavy atom. The van der Waals surface area contributed by atoms with Gasteiger partial charge in [-0.3, -0.25) is 14.4 Å². The van der Waals surface area contributed by atoms with E-state index in [9.17, 15) is 19.5 Å². The van der Waals surface area contributed by atoms with E-state index >= 15 is 0 Å². The highest BCUT2D eigenvalue weighted by Crippen LogP contribution is 2.21. The van der Waals surface area contributed by atoms with E-state index in [2.05, 4.69) is 17.0 Å². The van der Waals surface area contributed by atoms with Gasteiger partial charge in [0.05, 0.1) is 12.1 Å². The number of aliphatic hydroxyl groups is 1. The lowest BCUT2D eigenvalue weighted by molar-refractivity contribution is -0.142. The normalized spacial score (nSPS) is 13.6. The molecule has 8 nitrogen and oxygen atoms in total. The van der Waals surface area contributed by atoms with Gasteiger partial charge in [-0.2, -0.15) is 0 Å². The molecule has 220 valence electrons. The number of rotatable bonds is 9. The predicted octanol–water partition coefficient (Wildman–Crippen LogP) is 4.37. The molecule has 1 aliphatic heterocycles. The van der Waals surface area contributed by atoms with Crippen molar-refractivity contribution in [3.63, 3.8) is 0 Å². The minimum absolute atomic E-state index is 0.0171. The van der Waals surface area contributed by atoms with Crippen molar-refractivity contribution < 1.29 is 14.7 Å². The Labute approximate surface area is 251 Å². The first-order chi connectivity index (χ1) is 20.8. The molecular weight excluding hydrogens is 540 g/mol. The lowest BCUT2D eigenvalue weighted by Gasteiger charge is -2.35. The van der Waals surface area contributed by atoms with E-state index in [0.29, 0.717) is 39.1 Å². The molecule has 0 bridgehead atoms. The molecule has 1 saturated heterocycles. The van der Waals surface area contributed by atoms with E-state index in [1.54, 1.807) is 12.3 Å². The molecule has 1 amide bonds. The van der Waals surface area contributed by atoms with Crippen molar-refractivity contribution in [3.05, 3.63) is 136 Å². The topological polar surface area (TPSA) is 86.1 Å². The molecule has 0 unspecified atom stereocenters. The first-order valence-electron chi connectivity index (χ1n) is 14.4. The molecule has 0 aliphatic carbocycles. The van der Waals surface area contributed by atoms with Crippen molar-refractivity contribution in [1.82, 2.24) is 9.47 Å². The number of amides is 1. The van der Waals surface area contributed by atoms with Crippen LogP contribution in [0.3, 0.4) is 0 Å². The van der Waals surface area contributed by atoms with Gasteiger partial charge in [0.25, 0.3) is 11.5 Å². The van der Waals surface area contributed by atoms with Crippen LogP contribution in [0.15, 0.2) is 108 Å². The predicted molar refractivity (Wildman–Crippen MR) is 171 cm³/mol. The fraction of sp³-hybridized carbons (Fsp3) is 0.229. The monoisotopic (exact) mass is 576 g/mol. The Morgan fingerprint density at radius 2 is 1.42 bits per heavy atom. The third-order valence-electron chi connectivity index (χ3n) is 7.64. The summed E-state index contributed by atoms with van der Waals surface area (Å²) >= 11 is 0. The van der Waals surface area contributed by atoms with Crippen LogP contribution in [0.2, 0.25) is 0 Å². The van der Waals surface area contributed by atoms with Gasteiger partial charge in [0.2, 0.25) is 5.78 Å². The summed E-state index contributed by atoms with van der Waals surface area (Å²) < 4.78 is 1.53. The Balaban J connectivity index is 1.32. The fourth-order valence-corrected chi connectivity index (χ4v) is 5.26. The number of pyridine rings is 1.